The zero-order valence-corrected chi connectivity index (χ0v) is 17.8. The van der Waals surface area contributed by atoms with Gasteiger partial charge in [0.05, 0.1) is 12.8 Å². The summed E-state index contributed by atoms with van der Waals surface area (Å²) in [6.45, 7) is 5.47. The van der Waals surface area contributed by atoms with Crippen LogP contribution in [0.5, 0.6) is 0 Å². The van der Waals surface area contributed by atoms with Gasteiger partial charge in [-0.05, 0) is 12.3 Å². The quantitative estimate of drug-likeness (QED) is 0.297. The average Bonchev–Trinajstić information content (AvgIpc) is 2.63. The van der Waals surface area contributed by atoms with E-state index in [0.29, 0.717) is 6.54 Å². The highest BCUT2D eigenvalue weighted by Crippen LogP contribution is 2.23. The Morgan fingerprint density at radius 3 is 1.81 bits per heavy atom. The molecule has 3 atom stereocenters. The molecule has 0 aromatic heterocycles. The standard InChI is InChI=1S/C23H47NO2/c1-3-4-5-13-16-21(2)17-14-11-9-7-6-8-10-12-15-18-22-23(26)19-24(22)20-25/h21-23,25-26H,3-20H2,1-2H3/t21-,22-,23+/m0/s1. The van der Waals surface area contributed by atoms with E-state index in [1.807, 2.05) is 4.90 Å². The molecule has 1 fully saturated rings. The van der Waals surface area contributed by atoms with Gasteiger partial charge in [0.1, 0.15) is 0 Å². The molecule has 0 radical (unpaired) electrons. The number of aliphatic hydroxyl groups excluding tert-OH is 2. The minimum absolute atomic E-state index is 0.0966. The number of nitrogens with zero attached hydrogens (tertiary/aromatic N) is 1. The minimum atomic E-state index is -0.207. The van der Waals surface area contributed by atoms with Crippen LogP contribution < -0.4 is 0 Å². The van der Waals surface area contributed by atoms with E-state index in [2.05, 4.69) is 13.8 Å². The van der Waals surface area contributed by atoms with E-state index in [1.165, 1.54) is 96.3 Å². The zero-order valence-electron chi connectivity index (χ0n) is 17.8. The van der Waals surface area contributed by atoms with Crippen molar-refractivity contribution >= 4 is 0 Å². The number of β-amino-alcohol motifs (C(OH)–C–C–N with tert-alkyl or cyclic N) is 1. The number of unbranched alkanes of at least 4 members (excludes halogenated alkanes) is 11. The van der Waals surface area contributed by atoms with Gasteiger partial charge < -0.3 is 10.2 Å². The molecule has 0 amide bonds. The fourth-order valence-electron chi connectivity index (χ4n) is 4.29. The van der Waals surface area contributed by atoms with E-state index in [1.54, 1.807) is 0 Å². The molecule has 3 heteroatoms. The second-order valence-corrected chi connectivity index (χ2v) is 8.76. The largest absolute Gasteiger partial charge is 0.390 e. The third-order valence-electron chi connectivity index (χ3n) is 6.26. The van der Waals surface area contributed by atoms with Crippen LogP contribution in [0, 0.1) is 5.92 Å². The molecule has 0 unspecified atom stereocenters. The van der Waals surface area contributed by atoms with Gasteiger partial charge in [-0.2, -0.15) is 0 Å². The van der Waals surface area contributed by atoms with Crippen LogP contribution in [0.25, 0.3) is 0 Å². The second-order valence-electron chi connectivity index (χ2n) is 8.76. The topological polar surface area (TPSA) is 43.7 Å². The normalized spacial score (nSPS) is 21.7. The molecule has 0 saturated carbocycles. The fraction of sp³-hybridized carbons (Fsp3) is 1.00. The van der Waals surface area contributed by atoms with Crippen molar-refractivity contribution in [3.05, 3.63) is 0 Å². The van der Waals surface area contributed by atoms with Gasteiger partial charge >= 0.3 is 0 Å². The predicted molar refractivity (Wildman–Crippen MR) is 112 cm³/mol. The highest BCUT2D eigenvalue weighted by atomic mass is 16.3. The van der Waals surface area contributed by atoms with E-state index in [9.17, 15) is 5.11 Å². The SMILES string of the molecule is CCCCCC[C@H](C)CCCCCCCCCCC[C@H]1[C@H](O)CN1CO. The number of rotatable bonds is 18. The van der Waals surface area contributed by atoms with Crippen molar-refractivity contribution in [1.29, 1.82) is 0 Å². The van der Waals surface area contributed by atoms with Gasteiger partial charge in [0.25, 0.3) is 0 Å². The molecule has 2 N–H and O–H groups in total. The molecule has 0 bridgehead atoms. The van der Waals surface area contributed by atoms with E-state index < -0.39 is 0 Å². The van der Waals surface area contributed by atoms with Crippen LogP contribution in [0.15, 0.2) is 0 Å². The fourth-order valence-corrected chi connectivity index (χ4v) is 4.29. The Morgan fingerprint density at radius 2 is 1.31 bits per heavy atom. The van der Waals surface area contributed by atoms with Gasteiger partial charge in [-0.3, -0.25) is 4.90 Å². The van der Waals surface area contributed by atoms with E-state index in [0.717, 1.165) is 12.3 Å². The van der Waals surface area contributed by atoms with Crippen molar-refractivity contribution in [1.82, 2.24) is 4.90 Å². The predicted octanol–water partition coefficient (Wildman–Crippen LogP) is 5.88. The molecular weight excluding hydrogens is 322 g/mol. The van der Waals surface area contributed by atoms with Crippen LogP contribution in [-0.4, -0.2) is 40.5 Å². The van der Waals surface area contributed by atoms with Crippen LogP contribution in [0.3, 0.4) is 0 Å². The molecule has 0 aromatic rings. The first-order chi connectivity index (χ1) is 12.7. The number of aliphatic hydroxyl groups is 2. The maximum atomic E-state index is 9.70. The Hall–Kier alpha value is -0.120. The number of likely N-dealkylation sites (tertiary alicyclic amines) is 1. The summed E-state index contributed by atoms with van der Waals surface area (Å²) in [4.78, 5) is 1.97. The van der Waals surface area contributed by atoms with Gasteiger partial charge in [0, 0.05) is 12.6 Å². The summed E-state index contributed by atoms with van der Waals surface area (Å²) in [6, 6.07) is 0.217. The summed E-state index contributed by atoms with van der Waals surface area (Å²) in [7, 11) is 0. The Bertz CT molecular complexity index is 311. The van der Waals surface area contributed by atoms with Crippen molar-refractivity contribution in [3.63, 3.8) is 0 Å². The first kappa shape index (κ1) is 23.9. The molecule has 1 rings (SSSR count). The Labute approximate surface area is 163 Å². The smallest absolute Gasteiger partial charge is 0.0960 e. The van der Waals surface area contributed by atoms with Crippen LogP contribution in [0.1, 0.15) is 117 Å². The monoisotopic (exact) mass is 369 g/mol. The Morgan fingerprint density at radius 1 is 0.808 bits per heavy atom. The minimum Gasteiger partial charge on any atom is -0.390 e. The molecule has 1 heterocycles. The lowest BCUT2D eigenvalue weighted by molar-refractivity contribution is -0.102. The maximum absolute atomic E-state index is 9.70. The first-order valence-corrected chi connectivity index (χ1v) is 11.7. The molecule has 1 aliphatic heterocycles. The van der Waals surface area contributed by atoms with Crippen LogP contribution >= 0.6 is 0 Å². The van der Waals surface area contributed by atoms with Gasteiger partial charge in [0.15, 0.2) is 0 Å². The lowest BCUT2D eigenvalue weighted by Gasteiger charge is -2.44. The van der Waals surface area contributed by atoms with Gasteiger partial charge in [0.2, 0.25) is 0 Å². The highest BCUT2D eigenvalue weighted by molar-refractivity contribution is 4.89. The molecule has 0 aliphatic carbocycles. The summed E-state index contributed by atoms with van der Waals surface area (Å²) in [5.74, 6) is 0.933. The lowest BCUT2D eigenvalue weighted by Crippen LogP contribution is -2.59. The molecule has 156 valence electrons. The maximum Gasteiger partial charge on any atom is 0.0960 e. The molecule has 1 aliphatic rings. The number of hydrogen-bond acceptors (Lipinski definition) is 3. The summed E-state index contributed by atoms with van der Waals surface area (Å²) in [5.41, 5.74) is 0. The molecule has 0 aromatic carbocycles. The van der Waals surface area contributed by atoms with Crippen molar-refractivity contribution in [2.24, 2.45) is 5.92 Å². The third kappa shape index (κ3) is 10.9. The van der Waals surface area contributed by atoms with Gasteiger partial charge in [-0.15, -0.1) is 0 Å². The summed E-state index contributed by atoms with van der Waals surface area (Å²) >= 11 is 0. The summed E-state index contributed by atoms with van der Waals surface area (Å²) in [5, 5.41) is 18.8. The first-order valence-electron chi connectivity index (χ1n) is 11.7. The van der Waals surface area contributed by atoms with Crippen molar-refractivity contribution < 1.29 is 10.2 Å². The highest BCUT2D eigenvalue weighted by Gasteiger charge is 2.35. The van der Waals surface area contributed by atoms with E-state index in [-0.39, 0.29) is 18.9 Å². The van der Waals surface area contributed by atoms with E-state index >= 15 is 0 Å². The number of hydrogen-bond donors (Lipinski definition) is 2. The van der Waals surface area contributed by atoms with Crippen molar-refractivity contribution in [2.75, 3.05) is 13.3 Å². The Kier molecular flexibility index (Phi) is 14.6. The van der Waals surface area contributed by atoms with Gasteiger partial charge in [-0.1, -0.05) is 110 Å². The second kappa shape index (κ2) is 15.9. The van der Waals surface area contributed by atoms with Crippen LogP contribution in [-0.2, 0) is 0 Å². The van der Waals surface area contributed by atoms with Gasteiger partial charge in [-0.25, -0.2) is 0 Å². The molecule has 3 nitrogen and oxygen atoms in total. The summed E-state index contributed by atoms with van der Waals surface area (Å²) < 4.78 is 0. The van der Waals surface area contributed by atoms with Crippen molar-refractivity contribution in [2.45, 2.75) is 129 Å². The third-order valence-corrected chi connectivity index (χ3v) is 6.26. The van der Waals surface area contributed by atoms with Crippen molar-refractivity contribution in [3.8, 4) is 0 Å². The van der Waals surface area contributed by atoms with E-state index in [4.69, 9.17) is 5.11 Å². The molecule has 1 saturated heterocycles. The molecule has 26 heavy (non-hydrogen) atoms. The summed E-state index contributed by atoms with van der Waals surface area (Å²) in [6.07, 6.45) is 21.6. The van der Waals surface area contributed by atoms with Crippen LogP contribution in [0.4, 0.5) is 0 Å². The molecular formula is C23H47NO2. The average molecular weight is 370 g/mol. The van der Waals surface area contributed by atoms with Crippen LogP contribution in [0.2, 0.25) is 0 Å². The molecule has 0 spiro atoms. The Balaban J connectivity index is 1.77. The zero-order chi connectivity index (χ0) is 19.0. The lowest BCUT2D eigenvalue weighted by atomic mass is 9.94.